The molecule has 126 valence electrons. The maximum atomic E-state index is 12.5. The van der Waals surface area contributed by atoms with E-state index in [9.17, 15) is 9.59 Å². The lowest BCUT2D eigenvalue weighted by Gasteiger charge is -2.39. The highest BCUT2D eigenvalue weighted by Gasteiger charge is 2.36. The molecule has 2 fully saturated rings. The van der Waals surface area contributed by atoms with Crippen molar-refractivity contribution in [3.05, 3.63) is 0 Å². The molecule has 1 N–H and O–H groups in total. The van der Waals surface area contributed by atoms with Gasteiger partial charge in [-0.3, -0.25) is 9.59 Å². The first kappa shape index (κ1) is 17.3. The van der Waals surface area contributed by atoms with Gasteiger partial charge < -0.3 is 10.2 Å². The van der Waals surface area contributed by atoms with Crippen molar-refractivity contribution in [3.63, 3.8) is 0 Å². The van der Waals surface area contributed by atoms with E-state index in [-0.39, 0.29) is 23.8 Å². The van der Waals surface area contributed by atoms with Gasteiger partial charge in [0, 0.05) is 25.6 Å². The molecular formula is C18H32N2O2. The van der Waals surface area contributed by atoms with Crippen LogP contribution in [0.3, 0.4) is 0 Å². The molecule has 22 heavy (non-hydrogen) atoms. The molecule has 0 aromatic carbocycles. The highest BCUT2D eigenvalue weighted by Crippen LogP contribution is 2.26. The number of hydrogen-bond donors (Lipinski definition) is 1. The number of hydrogen-bond acceptors (Lipinski definition) is 2. The highest BCUT2D eigenvalue weighted by atomic mass is 16.2. The summed E-state index contributed by atoms with van der Waals surface area (Å²) in [5.74, 6) is 1.41. The van der Waals surface area contributed by atoms with Crippen LogP contribution in [0.15, 0.2) is 0 Å². The number of likely N-dealkylation sites (tertiary alicyclic amines) is 1. The Hall–Kier alpha value is -1.06. The van der Waals surface area contributed by atoms with Crippen LogP contribution in [0.4, 0.5) is 0 Å². The van der Waals surface area contributed by atoms with Crippen molar-refractivity contribution in [3.8, 4) is 0 Å². The van der Waals surface area contributed by atoms with Crippen LogP contribution in [0, 0.1) is 17.8 Å². The van der Waals surface area contributed by atoms with Gasteiger partial charge in [-0.25, -0.2) is 0 Å². The first-order valence-electron chi connectivity index (χ1n) is 9.06. The molecular weight excluding hydrogens is 276 g/mol. The highest BCUT2D eigenvalue weighted by molar-refractivity contribution is 5.84. The van der Waals surface area contributed by atoms with Gasteiger partial charge in [0.05, 0.1) is 5.92 Å². The Balaban J connectivity index is 1.86. The van der Waals surface area contributed by atoms with Crippen molar-refractivity contribution in [2.24, 2.45) is 17.8 Å². The number of carbonyl (C=O) groups is 2. The Labute approximate surface area is 135 Å². The van der Waals surface area contributed by atoms with E-state index in [1.807, 2.05) is 11.8 Å². The van der Waals surface area contributed by atoms with Gasteiger partial charge in [-0.1, -0.05) is 33.1 Å². The van der Waals surface area contributed by atoms with Crippen molar-refractivity contribution in [1.82, 2.24) is 10.2 Å². The fraction of sp³-hybridized carbons (Fsp3) is 0.889. The molecule has 0 aromatic heterocycles. The van der Waals surface area contributed by atoms with Gasteiger partial charge in [0.15, 0.2) is 0 Å². The van der Waals surface area contributed by atoms with E-state index in [0.717, 1.165) is 13.1 Å². The number of piperidine rings is 1. The minimum atomic E-state index is -0.0416. The Kier molecular flexibility index (Phi) is 6.27. The molecule has 2 atom stereocenters. The van der Waals surface area contributed by atoms with Crippen LogP contribution in [0.5, 0.6) is 0 Å². The molecule has 4 heteroatoms. The summed E-state index contributed by atoms with van der Waals surface area (Å²) >= 11 is 0. The zero-order valence-corrected chi connectivity index (χ0v) is 14.4. The maximum Gasteiger partial charge on any atom is 0.225 e. The van der Waals surface area contributed by atoms with E-state index >= 15 is 0 Å². The SMILES string of the molecule is CC(C)CN1C(=O)CC[C@@H](C(=O)NCC2CCCCC2)[C@H]1C. The first-order chi connectivity index (χ1) is 10.5. The van der Waals surface area contributed by atoms with Crippen LogP contribution < -0.4 is 5.32 Å². The van der Waals surface area contributed by atoms with Crippen molar-refractivity contribution in [1.29, 1.82) is 0 Å². The predicted molar refractivity (Wildman–Crippen MR) is 88.3 cm³/mol. The van der Waals surface area contributed by atoms with Gasteiger partial charge in [0.2, 0.25) is 11.8 Å². The molecule has 4 nitrogen and oxygen atoms in total. The van der Waals surface area contributed by atoms with Crippen molar-refractivity contribution >= 4 is 11.8 Å². The molecule has 0 aromatic rings. The van der Waals surface area contributed by atoms with Gasteiger partial charge in [0.1, 0.15) is 0 Å². The second kappa shape index (κ2) is 7.98. The summed E-state index contributed by atoms with van der Waals surface area (Å²) in [6.07, 6.45) is 7.66. The van der Waals surface area contributed by atoms with Gasteiger partial charge >= 0.3 is 0 Å². The van der Waals surface area contributed by atoms with Crippen LogP contribution in [0.2, 0.25) is 0 Å². The molecule has 1 aliphatic carbocycles. The summed E-state index contributed by atoms with van der Waals surface area (Å²) in [5, 5.41) is 3.16. The topological polar surface area (TPSA) is 49.4 Å². The monoisotopic (exact) mass is 308 g/mol. The standard InChI is InChI=1S/C18H32N2O2/c1-13(2)12-20-14(3)16(9-10-17(20)21)18(22)19-11-15-7-5-4-6-8-15/h13-16H,4-12H2,1-3H3,(H,19,22)/t14-,16-/m1/s1. The molecule has 0 spiro atoms. The van der Waals surface area contributed by atoms with Gasteiger partial charge in [-0.2, -0.15) is 0 Å². The average molecular weight is 308 g/mol. The molecule has 1 aliphatic heterocycles. The molecule has 2 amide bonds. The number of rotatable bonds is 5. The van der Waals surface area contributed by atoms with E-state index in [1.165, 1.54) is 32.1 Å². The zero-order valence-electron chi connectivity index (χ0n) is 14.4. The third-order valence-corrected chi connectivity index (χ3v) is 5.25. The largest absolute Gasteiger partial charge is 0.356 e. The summed E-state index contributed by atoms with van der Waals surface area (Å²) in [6, 6.07) is 0.0232. The quantitative estimate of drug-likeness (QED) is 0.849. The number of nitrogens with zero attached hydrogens (tertiary/aromatic N) is 1. The fourth-order valence-corrected chi connectivity index (χ4v) is 3.89. The van der Waals surface area contributed by atoms with E-state index in [2.05, 4.69) is 19.2 Å². The summed E-state index contributed by atoms with van der Waals surface area (Å²) in [7, 11) is 0. The summed E-state index contributed by atoms with van der Waals surface area (Å²) < 4.78 is 0. The second-order valence-electron chi connectivity index (χ2n) is 7.57. The number of amides is 2. The van der Waals surface area contributed by atoms with Crippen molar-refractivity contribution < 1.29 is 9.59 Å². The zero-order chi connectivity index (χ0) is 16.1. The molecule has 1 saturated heterocycles. The Morgan fingerprint density at radius 2 is 1.91 bits per heavy atom. The van der Waals surface area contributed by atoms with Crippen molar-refractivity contribution in [2.45, 2.75) is 71.8 Å². The molecule has 1 heterocycles. The Morgan fingerprint density at radius 3 is 2.55 bits per heavy atom. The first-order valence-corrected chi connectivity index (χ1v) is 9.06. The minimum absolute atomic E-state index is 0.0232. The van der Waals surface area contributed by atoms with E-state index < -0.39 is 0 Å². The molecule has 2 rings (SSSR count). The average Bonchev–Trinajstić information content (AvgIpc) is 2.50. The van der Waals surface area contributed by atoms with E-state index in [0.29, 0.717) is 24.7 Å². The van der Waals surface area contributed by atoms with Gasteiger partial charge in [-0.15, -0.1) is 0 Å². The normalized spacial score (nSPS) is 27.3. The van der Waals surface area contributed by atoms with E-state index in [4.69, 9.17) is 0 Å². The summed E-state index contributed by atoms with van der Waals surface area (Å²) in [5.41, 5.74) is 0. The molecule has 0 radical (unpaired) electrons. The second-order valence-corrected chi connectivity index (χ2v) is 7.57. The van der Waals surface area contributed by atoms with Crippen LogP contribution in [-0.4, -0.2) is 35.8 Å². The number of nitrogens with one attached hydrogen (secondary N) is 1. The summed E-state index contributed by atoms with van der Waals surface area (Å²) in [4.78, 5) is 26.6. The van der Waals surface area contributed by atoms with Crippen LogP contribution in [0.25, 0.3) is 0 Å². The summed E-state index contributed by atoms with van der Waals surface area (Å²) in [6.45, 7) is 7.84. The predicted octanol–water partition coefficient (Wildman–Crippen LogP) is 2.97. The van der Waals surface area contributed by atoms with Crippen LogP contribution in [0.1, 0.15) is 65.7 Å². The Bertz CT molecular complexity index is 389. The third-order valence-electron chi connectivity index (χ3n) is 5.25. The minimum Gasteiger partial charge on any atom is -0.356 e. The molecule has 0 unspecified atom stereocenters. The Morgan fingerprint density at radius 1 is 1.23 bits per heavy atom. The fourth-order valence-electron chi connectivity index (χ4n) is 3.89. The molecule has 0 bridgehead atoms. The molecule has 1 saturated carbocycles. The maximum absolute atomic E-state index is 12.5. The lowest BCUT2D eigenvalue weighted by atomic mass is 9.87. The lowest BCUT2D eigenvalue weighted by Crippen LogP contribution is -2.53. The van der Waals surface area contributed by atoms with Crippen LogP contribution >= 0.6 is 0 Å². The molecule has 2 aliphatic rings. The van der Waals surface area contributed by atoms with Crippen molar-refractivity contribution in [2.75, 3.05) is 13.1 Å². The lowest BCUT2D eigenvalue weighted by molar-refractivity contribution is -0.143. The number of carbonyl (C=O) groups excluding carboxylic acids is 2. The van der Waals surface area contributed by atoms with Gasteiger partial charge in [0.25, 0.3) is 0 Å². The van der Waals surface area contributed by atoms with E-state index in [1.54, 1.807) is 0 Å². The van der Waals surface area contributed by atoms with Gasteiger partial charge in [-0.05, 0) is 38.0 Å². The third kappa shape index (κ3) is 4.47. The van der Waals surface area contributed by atoms with Crippen LogP contribution in [-0.2, 0) is 9.59 Å². The smallest absolute Gasteiger partial charge is 0.225 e.